The first-order valence-corrected chi connectivity index (χ1v) is 4.14. The molecule has 5 nitrogen and oxygen atoms in total. The Hall–Kier alpha value is 0.515. The number of hydrogen-bond donors (Lipinski definition) is 4. The molecule has 0 aromatic rings. The van der Waals surface area contributed by atoms with Crippen molar-refractivity contribution < 1.29 is 24.3 Å². The fourth-order valence-corrected chi connectivity index (χ4v) is 0.599. The van der Waals surface area contributed by atoms with Crippen molar-refractivity contribution in [2.45, 2.75) is 0 Å². The van der Waals surface area contributed by atoms with Crippen LogP contribution in [0.1, 0.15) is 0 Å². The van der Waals surface area contributed by atoms with Gasteiger partial charge in [-0.25, -0.2) is 0 Å². The lowest BCUT2D eigenvalue weighted by atomic mass is 10.3. The van der Waals surface area contributed by atoms with Gasteiger partial charge in [0.1, 0.15) is 0 Å². The zero-order valence-corrected chi connectivity index (χ0v) is 5.34. The van der Waals surface area contributed by atoms with Gasteiger partial charge in [-0.3, -0.25) is 0 Å². The Kier molecular flexibility index (Phi) is 3.07. The summed E-state index contributed by atoms with van der Waals surface area (Å²) in [6, 6.07) is 0. The molecule has 0 aromatic carbocycles. The van der Waals surface area contributed by atoms with E-state index in [2.05, 4.69) is 16.2 Å². The molecule has 0 saturated carbocycles. The van der Waals surface area contributed by atoms with Crippen LogP contribution >= 0.6 is 6.72 Å². The van der Waals surface area contributed by atoms with Gasteiger partial charge in [-0.2, -0.15) is 0 Å². The van der Waals surface area contributed by atoms with Gasteiger partial charge in [-0.15, -0.1) is 0 Å². The average Bonchev–Trinajstić information content (AvgIpc) is 1.21. The maximum atomic E-state index is 8.13. The molecule has 0 radical (unpaired) electrons. The predicted molar refractivity (Wildman–Crippen MR) is 30.0 cm³/mol. The molecule has 0 aromatic heterocycles. The van der Waals surface area contributed by atoms with Crippen molar-refractivity contribution in [3.63, 3.8) is 0 Å². The van der Waals surface area contributed by atoms with Crippen LogP contribution in [-0.4, -0.2) is 27.2 Å². The van der Waals surface area contributed by atoms with Gasteiger partial charge in [-0.1, -0.05) is 0 Å². The van der Waals surface area contributed by atoms with Gasteiger partial charge in [0.25, 0.3) is 0 Å². The molecule has 8 heteroatoms. The minimum absolute atomic E-state index is 2.21. The second-order valence-electron chi connectivity index (χ2n) is 0.922. The molecule has 0 bridgehead atoms. The second-order valence-corrected chi connectivity index (χ2v) is 3.54. The smallest absolute Gasteiger partial charge is 0.401 e. The zero-order chi connectivity index (χ0) is 6.78. The third-order valence-electron chi connectivity index (χ3n) is 0.232. The quantitative estimate of drug-likeness (QED) is 0.279. The first-order valence-electron chi connectivity index (χ1n) is 1.52. The van der Waals surface area contributed by atoms with E-state index in [1.807, 2.05) is 0 Å². The van der Waals surface area contributed by atoms with E-state index in [-0.39, 0.29) is 0 Å². The first kappa shape index (κ1) is 8.51. The van der Waals surface area contributed by atoms with Crippen LogP contribution < -0.4 is 0 Å². The first-order chi connectivity index (χ1) is 3.42. The SMILES string of the molecule is OB(O)OP(O)(O)=S. The third kappa shape index (κ3) is 6.51. The lowest BCUT2D eigenvalue weighted by Crippen LogP contribution is -2.14. The van der Waals surface area contributed by atoms with Crippen molar-refractivity contribution in [3.05, 3.63) is 0 Å². The lowest BCUT2D eigenvalue weighted by Gasteiger charge is -2.04. The Balaban J connectivity index is 3.56. The highest BCUT2D eigenvalue weighted by Gasteiger charge is 2.18. The minimum Gasteiger partial charge on any atom is -0.401 e. The summed E-state index contributed by atoms with van der Waals surface area (Å²) in [4.78, 5) is 16.3. The van der Waals surface area contributed by atoms with Crippen molar-refractivity contribution in [2.75, 3.05) is 0 Å². The molecular formula is H4BO5PS. The molecule has 8 heavy (non-hydrogen) atoms. The molecule has 0 atom stereocenters. The summed E-state index contributed by atoms with van der Waals surface area (Å²) in [5.74, 6) is 0. The Morgan fingerprint density at radius 1 is 1.38 bits per heavy atom. The van der Waals surface area contributed by atoms with E-state index in [0.717, 1.165) is 0 Å². The minimum atomic E-state index is -3.89. The van der Waals surface area contributed by atoms with Crippen LogP contribution in [0.2, 0.25) is 0 Å². The van der Waals surface area contributed by atoms with Crippen molar-refractivity contribution in [3.8, 4) is 0 Å². The van der Waals surface area contributed by atoms with Gasteiger partial charge in [0.2, 0.25) is 0 Å². The summed E-state index contributed by atoms with van der Waals surface area (Å²) in [5.41, 5.74) is 0. The standard InChI is InChI=1S/BH4O5PS/c2-1(3)6-7(4,5)8/h2-3H,(H2,4,5,8). The molecule has 0 fully saturated rings. The van der Waals surface area contributed by atoms with E-state index < -0.39 is 14.0 Å². The maximum Gasteiger partial charge on any atom is 0.640 e. The van der Waals surface area contributed by atoms with Gasteiger partial charge >= 0.3 is 14.0 Å². The lowest BCUT2D eigenvalue weighted by molar-refractivity contribution is 0.258. The molecule has 4 N–H and O–H groups in total. The molecule has 0 unspecified atom stereocenters. The van der Waals surface area contributed by atoms with Crippen LogP contribution in [0.4, 0.5) is 0 Å². The highest BCUT2D eigenvalue weighted by Crippen LogP contribution is 2.35. The van der Waals surface area contributed by atoms with Crippen LogP contribution in [0.3, 0.4) is 0 Å². The summed E-state index contributed by atoms with van der Waals surface area (Å²) < 4.78 is 3.59. The Morgan fingerprint density at radius 2 is 1.75 bits per heavy atom. The van der Waals surface area contributed by atoms with E-state index in [4.69, 9.17) is 19.8 Å². The van der Waals surface area contributed by atoms with E-state index in [1.165, 1.54) is 0 Å². The van der Waals surface area contributed by atoms with Crippen LogP contribution in [0.5, 0.6) is 0 Å². The zero-order valence-electron chi connectivity index (χ0n) is 3.63. The molecule has 0 amide bonds. The summed E-state index contributed by atoms with van der Waals surface area (Å²) in [5, 5.41) is 15.7. The fraction of sp³-hybridized carbons (Fsp3) is 0. The molecule has 0 saturated heterocycles. The molecule has 0 aliphatic heterocycles. The number of hydrogen-bond acceptors (Lipinski definition) is 4. The summed E-state index contributed by atoms with van der Waals surface area (Å²) in [6.07, 6.45) is 0. The van der Waals surface area contributed by atoms with Crippen LogP contribution in [0, 0.1) is 0 Å². The van der Waals surface area contributed by atoms with E-state index >= 15 is 0 Å². The summed E-state index contributed by atoms with van der Waals surface area (Å²) in [6.45, 7) is -3.89. The van der Waals surface area contributed by atoms with E-state index in [9.17, 15) is 0 Å². The second kappa shape index (κ2) is 2.88. The normalized spacial score (nSPS) is 11.5. The Morgan fingerprint density at radius 3 is 1.75 bits per heavy atom. The van der Waals surface area contributed by atoms with Gasteiger partial charge < -0.3 is 24.3 Å². The predicted octanol–water partition coefficient (Wildman–Crippen LogP) is -1.82. The van der Waals surface area contributed by atoms with Crippen molar-refractivity contribution in [1.29, 1.82) is 0 Å². The van der Waals surface area contributed by atoms with E-state index in [0.29, 0.717) is 0 Å². The molecule has 0 heterocycles. The average molecular weight is 158 g/mol. The van der Waals surface area contributed by atoms with Crippen molar-refractivity contribution in [1.82, 2.24) is 0 Å². The van der Waals surface area contributed by atoms with Gasteiger partial charge in [0.05, 0.1) is 0 Å². The molecular weight excluding hydrogens is 154 g/mol. The molecule has 0 rings (SSSR count). The van der Waals surface area contributed by atoms with Gasteiger partial charge in [0.15, 0.2) is 0 Å². The number of rotatable bonds is 2. The Bertz CT molecular complexity index is 105. The largest absolute Gasteiger partial charge is 0.640 e. The fourth-order valence-electron chi connectivity index (χ4n) is 0.123. The van der Waals surface area contributed by atoms with Gasteiger partial charge in [0, 0.05) is 0 Å². The molecule has 0 spiro atoms. The van der Waals surface area contributed by atoms with Crippen LogP contribution in [0.25, 0.3) is 0 Å². The van der Waals surface area contributed by atoms with Crippen molar-refractivity contribution in [2.24, 2.45) is 0 Å². The molecule has 0 aliphatic carbocycles. The topological polar surface area (TPSA) is 90.2 Å². The van der Waals surface area contributed by atoms with E-state index in [1.54, 1.807) is 0 Å². The van der Waals surface area contributed by atoms with Gasteiger partial charge in [-0.05, 0) is 11.8 Å². The monoisotopic (exact) mass is 158 g/mol. The van der Waals surface area contributed by atoms with Crippen molar-refractivity contribution >= 4 is 25.8 Å². The third-order valence-corrected chi connectivity index (χ3v) is 0.953. The molecule has 0 aliphatic rings. The van der Waals surface area contributed by atoms with Crippen LogP contribution in [-0.2, 0) is 16.2 Å². The highest BCUT2D eigenvalue weighted by molar-refractivity contribution is 8.07. The van der Waals surface area contributed by atoms with Crippen LogP contribution in [0.15, 0.2) is 0 Å². The summed E-state index contributed by atoms with van der Waals surface area (Å²) in [7, 11) is -2.21. The highest BCUT2D eigenvalue weighted by atomic mass is 32.5. The molecule has 48 valence electrons. The Labute approximate surface area is 51.0 Å². The summed E-state index contributed by atoms with van der Waals surface area (Å²) >= 11 is 3.84. The maximum absolute atomic E-state index is 8.13.